The number of hydrogen-bond acceptors (Lipinski definition) is 24. The molecule has 0 amide bonds. The third-order valence-corrected chi connectivity index (χ3v) is 16.8. The van der Waals surface area contributed by atoms with Crippen LogP contribution in [0.25, 0.3) is 4.85 Å². The van der Waals surface area contributed by atoms with E-state index in [0.717, 1.165) is 46.8 Å². The van der Waals surface area contributed by atoms with E-state index in [4.69, 9.17) is 58.7 Å². The molecule has 3 aliphatic rings. The number of ether oxygens (including phenoxy) is 11. The summed E-state index contributed by atoms with van der Waals surface area (Å²) in [5, 5.41) is 9.72. The molecule has 2 saturated carbocycles. The molecule has 0 aromatic heterocycles. The van der Waals surface area contributed by atoms with Crippen molar-refractivity contribution >= 4 is 83.2 Å². The lowest BCUT2D eigenvalue weighted by molar-refractivity contribution is -0.156. The topological polar surface area (TPSA) is 300 Å². The van der Waals surface area contributed by atoms with Crippen LogP contribution in [0.2, 0.25) is 0 Å². The Morgan fingerprint density at radius 3 is 1.24 bits per heavy atom. The number of nitriles is 1. The van der Waals surface area contributed by atoms with Gasteiger partial charge < -0.3 is 52.1 Å². The Labute approximate surface area is 529 Å². The van der Waals surface area contributed by atoms with Gasteiger partial charge in [0.25, 0.3) is 5.70 Å². The van der Waals surface area contributed by atoms with Crippen molar-refractivity contribution in [3.05, 3.63) is 118 Å². The Balaban J connectivity index is 0.885. The van der Waals surface area contributed by atoms with E-state index in [1.54, 1.807) is 69.3 Å². The molecule has 90 heavy (non-hydrogen) atoms. The number of hydrogen-bond donors (Lipinski definition) is 0. The normalized spacial score (nSPS) is 18.1. The second-order valence-electron chi connectivity index (χ2n) is 21.2. The minimum absolute atomic E-state index is 0.0117. The molecule has 23 nitrogen and oxygen atoms in total. The standard InChI is InChI=1S/C65H70N2O21S2/c1-7-53(68)80-36-39(3)83-40(4)37-81-57(72)29-27-55(70)78-33-31-42-9-21-48(22-10-42)85-61(74)44-13-17-46(18-14-44)63(76)87-51-25-26-52(60-59(51)89-65(90-60)50(35-66)67-6)88-64(77)47-19-15-45(16-20-47)62(75)86-49-23-11-43(12-24-49)32-34-79-56(71)28-30-58(73)82-38-41(5)84-54(69)8-2/h7-12,21-26,39-41,44-47H,1-2,13-20,27-34,36-38H2,3-5H3/b65-50-. The molecule has 3 atom stereocenters. The van der Waals surface area contributed by atoms with Crippen LogP contribution in [0.15, 0.2) is 106 Å². The van der Waals surface area contributed by atoms with Gasteiger partial charge in [0.15, 0.2) is 0 Å². The Bertz CT molecular complexity index is 3210. The Morgan fingerprint density at radius 1 is 0.522 bits per heavy atom. The number of benzene rings is 3. The second kappa shape index (κ2) is 36.0. The molecule has 0 bridgehead atoms. The largest absolute Gasteiger partial charge is 0.465 e. The third-order valence-electron chi connectivity index (χ3n) is 14.2. The Kier molecular flexibility index (Phi) is 28.1. The summed E-state index contributed by atoms with van der Waals surface area (Å²) >= 11 is 2.11. The summed E-state index contributed by atoms with van der Waals surface area (Å²) in [4.78, 5) is 129. The van der Waals surface area contributed by atoms with Crippen LogP contribution in [0.5, 0.6) is 23.0 Å². The first-order valence-electron chi connectivity index (χ1n) is 29.2. The highest BCUT2D eigenvalue weighted by Gasteiger charge is 2.37. The molecule has 0 radical (unpaired) electrons. The number of fused-ring (bicyclic) bond motifs is 1. The average Bonchev–Trinajstić information content (AvgIpc) is 1.68. The fraction of sp³-hybridized carbons (Fsp3) is 0.446. The first-order valence-corrected chi connectivity index (χ1v) is 30.9. The fourth-order valence-corrected chi connectivity index (χ4v) is 11.8. The molecule has 0 spiro atoms. The summed E-state index contributed by atoms with van der Waals surface area (Å²) in [6.07, 6.45) is 3.22. The number of carbonyl (C=O) groups excluding carboxylic acids is 10. The van der Waals surface area contributed by atoms with E-state index in [9.17, 15) is 53.2 Å². The van der Waals surface area contributed by atoms with E-state index in [2.05, 4.69) is 18.0 Å². The minimum atomic E-state index is -0.675. The van der Waals surface area contributed by atoms with Crippen LogP contribution in [-0.4, -0.2) is 111 Å². The monoisotopic (exact) mass is 1280 g/mol. The molecule has 2 aliphatic carbocycles. The van der Waals surface area contributed by atoms with Gasteiger partial charge >= 0.3 is 59.7 Å². The van der Waals surface area contributed by atoms with Crippen LogP contribution < -0.4 is 18.9 Å². The molecule has 3 unspecified atom stereocenters. The van der Waals surface area contributed by atoms with Gasteiger partial charge in [-0.2, -0.15) is 0 Å². The molecule has 0 saturated heterocycles. The van der Waals surface area contributed by atoms with Crippen LogP contribution >= 0.6 is 23.5 Å². The number of thioether (sulfide) groups is 2. The zero-order valence-corrected chi connectivity index (χ0v) is 51.7. The fourth-order valence-electron chi connectivity index (χ4n) is 9.36. The lowest BCUT2D eigenvalue weighted by Gasteiger charge is -2.26. The molecule has 3 aromatic carbocycles. The van der Waals surface area contributed by atoms with Crippen molar-refractivity contribution in [2.45, 2.75) is 139 Å². The van der Waals surface area contributed by atoms with Crippen molar-refractivity contribution in [3.8, 4) is 29.1 Å². The smallest absolute Gasteiger partial charge is 0.330 e. The SMILES string of the molecule is [C-]#[N+]/C(C#N)=C1\Sc2c(OC(=O)C3CCC(C(=O)Oc4ccc(CCOC(=O)CCC(=O)OCC(C)OC(=O)C=C)cc4)CC3)ccc(OC(=O)C3CCC(C(=O)Oc4ccc(CCOC(=O)CCC(=O)OCC(C)OC(C)COC(=O)C=C)cc4)CC3)c2S1. The highest BCUT2D eigenvalue weighted by atomic mass is 32.2. The predicted octanol–water partition coefficient (Wildman–Crippen LogP) is 9.59. The average molecular weight is 1280 g/mol. The van der Waals surface area contributed by atoms with E-state index in [1.807, 2.05) is 6.07 Å². The highest BCUT2D eigenvalue weighted by Crippen LogP contribution is 2.59. The van der Waals surface area contributed by atoms with Gasteiger partial charge in [-0.25, -0.2) is 19.7 Å². The molecule has 25 heteroatoms. The summed E-state index contributed by atoms with van der Waals surface area (Å²) < 4.78 is 59.7. The van der Waals surface area contributed by atoms with Crippen LogP contribution in [0.4, 0.5) is 0 Å². The zero-order valence-electron chi connectivity index (χ0n) is 50.1. The van der Waals surface area contributed by atoms with Crippen LogP contribution in [0, 0.1) is 41.6 Å². The predicted molar refractivity (Wildman–Crippen MR) is 320 cm³/mol. The number of rotatable bonds is 31. The molecule has 0 N–H and O–H groups in total. The van der Waals surface area contributed by atoms with Gasteiger partial charge in [-0.1, -0.05) is 60.9 Å². The van der Waals surface area contributed by atoms with Gasteiger partial charge in [0.05, 0.1) is 101 Å². The van der Waals surface area contributed by atoms with Gasteiger partial charge in [-0.3, -0.25) is 38.4 Å². The van der Waals surface area contributed by atoms with E-state index in [1.165, 1.54) is 12.1 Å². The molecule has 1 aliphatic heterocycles. The molecule has 1 heterocycles. The Hall–Kier alpha value is -8.78. The lowest BCUT2D eigenvalue weighted by Crippen LogP contribution is -2.30. The molecule has 478 valence electrons. The number of esters is 10. The minimum Gasteiger partial charge on any atom is -0.465 e. The molecular formula is C65H70N2O21S2. The van der Waals surface area contributed by atoms with Gasteiger partial charge in [-0.15, -0.1) is 0 Å². The number of allylic oxidation sites excluding steroid dienone is 1. The zero-order chi connectivity index (χ0) is 65.1. The Morgan fingerprint density at radius 2 is 0.878 bits per heavy atom. The second-order valence-corrected chi connectivity index (χ2v) is 23.5. The third kappa shape index (κ3) is 23.0. The summed E-state index contributed by atoms with van der Waals surface area (Å²) in [5.41, 5.74) is 1.42. The quantitative estimate of drug-likeness (QED) is 0.0144. The van der Waals surface area contributed by atoms with Crippen molar-refractivity contribution in [1.82, 2.24) is 0 Å². The van der Waals surface area contributed by atoms with Crippen molar-refractivity contribution < 1.29 is 100 Å². The maximum Gasteiger partial charge on any atom is 0.330 e. The van der Waals surface area contributed by atoms with Crippen molar-refractivity contribution in [1.29, 1.82) is 5.26 Å². The van der Waals surface area contributed by atoms with Gasteiger partial charge in [0.2, 0.25) is 0 Å². The maximum absolute atomic E-state index is 13.7. The van der Waals surface area contributed by atoms with E-state index in [-0.39, 0.29) is 75.9 Å². The van der Waals surface area contributed by atoms with E-state index < -0.39 is 102 Å². The van der Waals surface area contributed by atoms with E-state index >= 15 is 0 Å². The highest BCUT2D eigenvalue weighted by molar-refractivity contribution is 8.24. The summed E-state index contributed by atoms with van der Waals surface area (Å²) in [6, 6.07) is 18.3. The molecule has 6 rings (SSSR count). The maximum atomic E-state index is 13.7. The van der Waals surface area contributed by atoms with Gasteiger partial charge in [-0.05, 0) is 120 Å². The van der Waals surface area contributed by atoms with E-state index in [0.29, 0.717) is 89.7 Å². The van der Waals surface area contributed by atoms with Crippen molar-refractivity contribution in [3.63, 3.8) is 0 Å². The number of carbonyl (C=O) groups is 10. The summed E-state index contributed by atoms with van der Waals surface area (Å²) in [7, 11) is 0. The number of nitrogens with zero attached hydrogens (tertiary/aromatic N) is 2. The van der Waals surface area contributed by atoms with Crippen LogP contribution in [0.3, 0.4) is 0 Å². The summed E-state index contributed by atoms with van der Waals surface area (Å²) in [6.45, 7) is 19.0. The summed E-state index contributed by atoms with van der Waals surface area (Å²) in [5.74, 6) is -6.69. The first-order chi connectivity index (χ1) is 43.2. The lowest BCUT2D eigenvalue weighted by atomic mass is 9.82. The van der Waals surface area contributed by atoms with Crippen LogP contribution in [-0.2, 0) is 93.9 Å². The first kappa shape index (κ1) is 70.3. The molecular weight excluding hydrogens is 1210 g/mol. The molecule has 2 fully saturated rings. The van der Waals surface area contributed by atoms with Crippen molar-refractivity contribution in [2.24, 2.45) is 23.7 Å². The van der Waals surface area contributed by atoms with Crippen LogP contribution in [0.1, 0.15) is 109 Å². The van der Waals surface area contributed by atoms with Crippen molar-refractivity contribution in [2.75, 3.05) is 33.0 Å². The molecule has 3 aromatic rings. The van der Waals surface area contributed by atoms with Gasteiger partial charge in [0.1, 0.15) is 48.9 Å². The van der Waals surface area contributed by atoms with Gasteiger partial charge in [0, 0.05) is 25.0 Å².